The Morgan fingerprint density at radius 3 is 2.39 bits per heavy atom. The highest BCUT2D eigenvalue weighted by molar-refractivity contribution is 5.79. The Labute approximate surface area is 165 Å². The van der Waals surface area contributed by atoms with Gasteiger partial charge in [0.15, 0.2) is 5.96 Å². The summed E-state index contributed by atoms with van der Waals surface area (Å²) in [6.07, 6.45) is -4.30. The molecule has 1 aromatic carbocycles. The number of benzene rings is 1. The van der Waals surface area contributed by atoms with Crippen molar-refractivity contribution in [3.63, 3.8) is 0 Å². The smallest absolute Gasteiger partial charge is 0.379 e. The van der Waals surface area contributed by atoms with Crippen LogP contribution in [0.5, 0.6) is 0 Å². The second-order valence-corrected chi connectivity index (χ2v) is 7.59. The lowest BCUT2D eigenvalue weighted by atomic mass is 9.89. The van der Waals surface area contributed by atoms with Gasteiger partial charge in [-0.3, -0.25) is 0 Å². The maximum Gasteiger partial charge on any atom is 0.411 e. The first-order valence-electron chi connectivity index (χ1n) is 9.32. The largest absolute Gasteiger partial charge is 0.411 e. The lowest BCUT2D eigenvalue weighted by Crippen LogP contribution is -2.45. The molecule has 1 aromatic rings. The highest BCUT2D eigenvalue weighted by Crippen LogP contribution is 2.21. The van der Waals surface area contributed by atoms with Crippen LogP contribution in [-0.4, -0.2) is 45.0 Å². The van der Waals surface area contributed by atoms with Gasteiger partial charge in [-0.2, -0.15) is 13.2 Å². The van der Waals surface area contributed by atoms with E-state index in [2.05, 4.69) is 36.4 Å². The van der Waals surface area contributed by atoms with E-state index in [9.17, 15) is 13.2 Å². The molecule has 0 fully saturated rings. The van der Waals surface area contributed by atoms with Gasteiger partial charge in [0.05, 0.1) is 19.3 Å². The normalized spacial score (nSPS) is 14.1. The van der Waals surface area contributed by atoms with Gasteiger partial charge in [-0.25, -0.2) is 4.99 Å². The second kappa shape index (κ2) is 11.3. The molecule has 0 aliphatic carbocycles. The fourth-order valence-electron chi connectivity index (χ4n) is 2.55. The topological polar surface area (TPSA) is 54.9 Å². The summed E-state index contributed by atoms with van der Waals surface area (Å²) < 4.78 is 46.8. The lowest BCUT2D eigenvalue weighted by molar-refractivity contribution is -0.176. The summed E-state index contributed by atoms with van der Waals surface area (Å²) in [5.74, 6) is 0.660. The molecule has 0 radical (unpaired) electrons. The van der Waals surface area contributed by atoms with Crippen molar-refractivity contribution >= 4 is 5.96 Å². The maximum absolute atomic E-state index is 12.2. The van der Waals surface area contributed by atoms with Gasteiger partial charge in [0, 0.05) is 20.2 Å². The minimum atomic E-state index is -4.32. The van der Waals surface area contributed by atoms with Gasteiger partial charge < -0.3 is 20.1 Å². The van der Waals surface area contributed by atoms with Crippen LogP contribution in [0, 0.1) is 5.41 Å². The van der Waals surface area contributed by atoms with Crippen LogP contribution in [0.15, 0.2) is 29.3 Å². The predicted molar refractivity (Wildman–Crippen MR) is 105 cm³/mol. The standard InChI is InChI=1S/C20H32F3N3O2/c1-6-24-18(26-12-17(27-5)19(2,3)4)25-11-15-8-7-9-16(10-15)13-28-14-20(21,22)23/h7-10,17H,6,11-14H2,1-5H3,(H2,24,25,26). The van der Waals surface area contributed by atoms with E-state index in [1.54, 1.807) is 25.3 Å². The first-order chi connectivity index (χ1) is 13.0. The van der Waals surface area contributed by atoms with Gasteiger partial charge in [0.2, 0.25) is 0 Å². The molecule has 0 aliphatic heterocycles. The van der Waals surface area contributed by atoms with Gasteiger partial charge in [0.25, 0.3) is 0 Å². The Morgan fingerprint density at radius 1 is 1.14 bits per heavy atom. The number of hydrogen-bond acceptors (Lipinski definition) is 3. The molecule has 1 unspecified atom stereocenters. The van der Waals surface area contributed by atoms with E-state index >= 15 is 0 Å². The van der Waals surface area contributed by atoms with Crippen LogP contribution in [0.25, 0.3) is 0 Å². The number of methoxy groups -OCH3 is 1. The molecule has 0 saturated heterocycles. The van der Waals surface area contributed by atoms with Crippen molar-refractivity contribution in [3.8, 4) is 0 Å². The van der Waals surface area contributed by atoms with Gasteiger partial charge in [-0.05, 0) is 23.5 Å². The second-order valence-electron chi connectivity index (χ2n) is 7.59. The van der Waals surface area contributed by atoms with Crippen LogP contribution in [0.1, 0.15) is 38.8 Å². The molecule has 0 aromatic heterocycles. The molecule has 0 aliphatic rings. The Kier molecular flexibility index (Phi) is 9.75. The highest BCUT2D eigenvalue weighted by atomic mass is 19.4. The van der Waals surface area contributed by atoms with Crippen molar-refractivity contribution in [3.05, 3.63) is 35.4 Å². The SMILES string of the molecule is CCNC(=NCc1cccc(COCC(F)(F)F)c1)NCC(OC)C(C)(C)C. The molecular weight excluding hydrogens is 371 g/mol. The molecule has 0 saturated carbocycles. The highest BCUT2D eigenvalue weighted by Gasteiger charge is 2.27. The Bertz CT molecular complexity index is 613. The van der Waals surface area contributed by atoms with Crippen molar-refractivity contribution < 1.29 is 22.6 Å². The van der Waals surface area contributed by atoms with Gasteiger partial charge in [-0.1, -0.05) is 45.0 Å². The maximum atomic E-state index is 12.2. The summed E-state index contributed by atoms with van der Waals surface area (Å²) in [6.45, 7) is 8.69. The molecule has 1 atom stereocenters. The lowest BCUT2D eigenvalue weighted by Gasteiger charge is -2.30. The zero-order chi connectivity index (χ0) is 21.2. The molecule has 0 heterocycles. The van der Waals surface area contributed by atoms with Crippen molar-refractivity contribution in [2.45, 2.75) is 53.1 Å². The first kappa shape index (κ1) is 24.2. The summed E-state index contributed by atoms with van der Waals surface area (Å²) in [5.41, 5.74) is 1.57. The van der Waals surface area contributed by atoms with Crippen LogP contribution in [0.3, 0.4) is 0 Å². The van der Waals surface area contributed by atoms with Crippen molar-refractivity contribution in [2.75, 3.05) is 26.8 Å². The minimum Gasteiger partial charge on any atom is -0.379 e. The molecular formula is C20H32F3N3O2. The molecule has 5 nitrogen and oxygen atoms in total. The fraction of sp³-hybridized carbons (Fsp3) is 0.650. The average molecular weight is 403 g/mol. The summed E-state index contributed by atoms with van der Waals surface area (Å²) in [6, 6.07) is 7.21. The van der Waals surface area contributed by atoms with E-state index in [-0.39, 0.29) is 18.1 Å². The Hall–Kier alpha value is -1.80. The molecule has 0 amide bonds. The van der Waals surface area contributed by atoms with Crippen LogP contribution < -0.4 is 10.6 Å². The number of aliphatic imine (C=N–C) groups is 1. The number of alkyl halides is 3. The number of rotatable bonds is 9. The molecule has 0 spiro atoms. The van der Waals surface area contributed by atoms with Crippen LogP contribution in [0.2, 0.25) is 0 Å². The van der Waals surface area contributed by atoms with Crippen molar-refractivity contribution in [1.82, 2.24) is 10.6 Å². The number of hydrogen-bond donors (Lipinski definition) is 2. The van der Waals surface area contributed by atoms with E-state index in [0.717, 1.165) is 5.56 Å². The summed E-state index contributed by atoms with van der Waals surface area (Å²) in [7, 11) is 1.69. The van der Waals surface area contributed by atoms with Gasteiger partial charge >= 0.3 is 6.18 Å². The third-order valence-corrected chi connectivity index (χ3v) is 4.00. The summed E-state index contributed by atoms with van der Waals surface area (Å²) in [4.78, 5) is 4.55. The fourth-order valence-corrected chi connectivity index (χ4v) is 2.55. The van der Waals surface area contributed by atoms with Gasteiger partial charge in [-0.15, -0.1) is 0 Å². The Morgan fingerprint density at radius 2 is 1.82 bits per heavy atom. The number of nitrogens with one attached hydrogen (secondary N) is 2. The Balaban J connectivity index is 2.67. The van der Waals surface area contributed by atoms with E-state index < -0.39 is 12.8 Å². The van der Waals surface area contributed by atoms with E-state index in [1.165, 1.54) is 0 Å². The van der Waals surface area contributed by atoms with Crippen LogP contribution >= 0.6 is 0 Å². The first-order valence-corrected chi connectivity index (χ1v) is 9.32. The monoisotopic (exact) mass is 403 g/mol. The van der Waals surface area contributed by atoms with E-state index in [1.807, 2.05) is 13.0 Å². The number of nitrogens with zero attached hydrogens (tertiary/aromatic N) is 1. The van der Waals surface area contributed by atoms with E-state index in [0.29, 0.717) is 31.2 Å². The average Bonchev–Trinajstić information content (AvgIpc) is 2.58. The molecule has 0 bridgehead atoms. The zero-order valence-electron chi connectivity index (χ0n) is 17.3. The van der Waals surface area contributed by atoms with Crippen LogP contribution in [0.4, 0.5) is 13.2 Å². The molecule has 1 rings (SSSR count). The minimum absolute atomic E-state index is 0.0101. The molecule has 8 heteroatoms. The van der Waals surface area contributed by atoms with Crippen LogP contribution in [-0.2, 0) is 22.6 Å². The molecule has 28 heavy (non-hydrogen) atoms. The number of ether oxygens (including phenoxy) is 2. The van der Waals surface area contributed by atoms with E-state index in [4.69, 9.17) is 9.47 Å². The number of guanidine groups is 1. The summed E-state index contributed by atoms with van der Waals surface area (Å²) in [5, 5.41) is 6.46. The van der Waals surface area contributed by atoms with Crippen molar-refractivity contribution in [1.29, 1.82) is 0 Å². The summed E-state index contributed by atoms with van der Waals surface area (Å²) >= 11 is 0. The zero-order valence-corrected chi connectivity index (χ0v) is 17.3. The number of halogens is 3. The van der Waals surface area contributed by atoms with Gasteiger partial charge in [0.1, 0.15) is 6.61 Å². The molecule has 2 N–H and O–H groups in total. The third-order valence-electron chi connectivity index (χ3n) is 4.00. The van der Waals surface area contributed by atoms with Crippen molar-refractivity contribution in [2.24, 2.45) is 10.4 Å². The predicted octanol–water partition coefficient (Wildman–Crippen LogP) is 3.88. The molecule has 160 valence electrons. The quantitative estimate of drug-likeness (QED) is 0.485. The third kappa shape index (κ3) is 9.94.